The molecule has 2 aromatic rings. The molecular formula is C16H22N4OS. The lowest BCUT2D eigenvalue weighted by molar-refractivity contribution is -0.122. The number of hydrogen-bond acceptors (Lipinski definition) is 5. The summed E-state index contributed by atoms with van der Waals surface area (Å²) in [5, 5.41) is 6.02. The van der Waals surface area contributed by atoms with E-state index in [0.29, 0.717) is 6.54 Å². The quantitative estimate of drug-likeness (QED) is 0.732. The highest BCUT2D eigenvalue weighted by atomic mass is 32.1. The number of aryl methyl sites for hydroxylation is 1. The van der Waals surface area contributed by atoms with Crippen molar-refractivity contribution in [3.63, 3.8) is 0 Å². The molecule has 1 atom stereocenters. The molecule has 0 spiro atoms. The third kappa shape index (κ3) is 4.89. The van der Waals surface area contributed by atoms with Gasteiger partial charge >= 0.3 is 0 Å². The molecule has 0 radical (unpaired) electrons. The van der Waals surface area contributed by atoms with Crippen LogP contribution in [0.2, 0.25) is 0 Å². The number of carbonyl (C=O) groups excluding carboxylic acids is 1. The van der Waals surface area contributed by atoms with Gasteiger partial charge in [-0.05, 0) is 25.0 Å². The van der Waals surface area contributed by atoms with Crippen LogP contribution in [0.3, 0.4) is 0 Å². The predicted octanol–water partition coefficient (Wildman–Crippen LogP) is 2.38. The van der Waals surface area contributed by atoms with E-state index in [4.69, 9.17) is 5.73 Å². The maximum atomic E-state index is 11.7. The van der Waals surface area contributed by atoms with Crippen molar-refractivity contribution in [2.45, 2.75) is 38.6 Å². The van der Waals surface area contributed by atoms with Crippen molar-refractivity contribution >= 4 is 17.2 Å². The highest BCUT2D eigenvalue weighted by Gasteiger charge is 2.11. The van der Waals surface area contributed by atoms with Crippen LogP contribution in [0.4, 0.5) is 0 Å². The van der Waals surface area contributed by atoms with Gasteiger partial charge in [-0.15, -0.1) is 11.3 Å². The molecule has 2 heterocycles. The van der Waals surface area contributed by atoms with Gasteiger partial charge in [-0.2, -0.15) is 0 Å². The van der Waals surface area contributed by atoms with Crippen LogP contribution in [0.25, 0.3) is 11.3 Å². The van der Waals surface area contributed by atoms with Crippen molar-refractivity contribution < 1.29 is 4.79 Å². The Balaban J connectivity index is 1.74. The van der Waals surface area contributed by atoms with Crippen molar-refractivity contribution in [1.29, 1.82) is 0 Å². The highest BCUT2D eigenvalue weighted by Crippen LogP contribution is 2.21. The Morgan fingerprint density at radius 2 is 2.18 bits per heavy atom. The topological polar surface area (TPSA) is 80.9 Å². The molecule has 0 bridgehead atoms. The van der Waals surface area contributed by atoms with Crippen molar-refractivity contribution in [3.05, 3.63) is 34.9 Å². The number of aromatic nitrogens is 2. The first-order valence-electron chi connectivity index (χ1n) is 7.58. The fourth-order valence-corrected chi connectivity index (χ4v) is 2.96. The number of carbonyl (C=O) groups is 1. The Kier molecular flexibility index (Phi) is 6.48. The largest absolute Gasteiger partial charge is 0.355 e. The lowest BCUT2D eigenvalue weighted by Crippen LogP contribution is -2.40. The van der Waals surface area contributed by atoms with E-state index >= 15 is 0 Å². The smallest absolute Gasteiger partial charge is 0.236 e. The molecule has 118 valence electrons. The first-order valence-corrected chi connectivity index (χ1v) is 8.46. The molecular weight excluding hydrogens is 296 g/mol. The lowest BCUT2D eigenvalue weighted by atomic mass is 10.1. The first kappa shape index (κ1) is 16.6. The SMILES string of the molecule is CCCC(N)C(=O)NCCCc1nc(-c2ccncc2)cs1. The second-order valence-corrected chi connectivity index (χ2v) is 6.09. The van der Waals surface area contributed by atoms with Crippen LogP contribution in [-0.2, 0) is 11.2 Å². The van der Waals surface area contributed by atoms with Crippen molar-refractivity contribution in [3.8, 4) is 11.3 Å². The third-order valence-electron chi connectivity index (χ3n) is 3.33. The maximum Gasteiger partial charge on any atom is 0.236 e. The Bertz CT molecular complexity index is 585. The van der Waals surface area contributed by atoms with Crippen LogP contribution < -0.4 is 11.1 Å². The molecule has 0 aliphatic heterocycles. The van der Waals surface area contributed by atoms with Gasteiger partial charge in [0.1, 0.15) is 0 Å². The van der Waals surface area contributed by atoms with Gasteiger partial charge in [-0.25, -0.2) is 4.98 Å². The zero-order valence-electron chi connectivity index (χ0n) is 12.8. The number of rotatable bonds is 8. The van der Waals surface area contributed by atoms with E-state index in [1.807, 2.05) is 19.1 Å². The van der Waals surface area contributed by atoms with Crippen LogP contribution in [0.15, 0.2) is 29.9 Å². The average molecular weight is 318 g/mol. The number of amides is 1. The van der Waals surface area contributed by atoms with Crippen molar-refractivity contribution in [2.24, 2.45) is 5.73 Å². The van der Waals surface area contributed by atoms with Gasteiger partial charge in [-0.3, -0.25) is 9.78 Å². The van der Waals surface area contributed by atoms with Gasteiger partial charge < -0.3 is 11.1 Å². The number of thiazole rings is 1. The van der Waals surface area contributed by atoms with Gasteiger partial charge in [0.05, 0.1) is 16.7 Å². The Morgan fingerprint density at radius 1 is 1.41 bits per heavy atom. The highest BCUT2D eigenvalue weighted by molar-refractivity contribution is 7.09. The molecule has 1 unspecified atom stereocenters. The monoisotopic (exact) mass is 318 g/mol. The summed E-state index contributed by atoms with van der Waals surface area (Å²) in [6.07, 6.45) is 6.92. The van der Waals surface area contributed by atoms with Crippen LogP contribution in [0, 0.1) is 0 Å². The Morgan fingerprint density at radius 3 is 2.91 bits per heavy atom. The van der Waals surface area contributed by atoms with Gasteiger partial charge in [0.15, 0.2) is 0 Å². The average Bonchev–Trinajstić information content (AvgIpc) is 3.01. The molecule has 0 saturated heterocycles. The molecule has 0 fully saturated rings. The summed E-state index contributed by atoms with van der Waals surface area (Å²) < 4.78 is 0. The first-order chi connectivity index (χ1) is 10.7. The molecule has 0 aromatic carbocycles. The zero-order chi connectivity index (χ0) is 15.8. The summed E-state index contributed by atoms with van der Waals surface area (Å²) in [6, 6.07) is 3.52. The summed E-state index contributed by atoms with van der Waals surface area (Å²) >= 11 is 1.65. The number of nitrogens with two attached hydrogens (primary N) is 1. The molecule has 3 N–H and O–H groups in total. The molecule has 1 amide bonds. The molecule has 0 saturated carbocycles. The summed E-state index contributed by atoms with van der Waals surface area (Å²) in [4.78, 5) is 20.3. The Hall–Kier alpha value is -1.79. The third-order valence-corrected chi connectivity index (χ3v) is 4.24. The fraction of sp³-hybridized carbons (Fsp3) is 0.438. The minimum atomic E-state index is -0.386. The van der Waals surface area contributed by atoms with Gasteiger partial charge in [0.2, 0.25) is 5.91 Å². The van der Waals surface area contributed by atoms with Gasteiger partial charge in [0, 0.05) is 36.3 Å². The molecule has 0 aliphatic rings. The van der Waals surface area contributed by atoms with Crippen LogP contribution in [0.5, 0.6) is 0 Å². The standard InChI is InChI=1S/C16H22N4OS/c1-2-4-13(17)16(21)19-8-3-5-15-20-14(11-22-15)12-6-9-18-10-7-12/h6-7,9-11,13H,2-5,8,17H2,1H3,(H,19,21). The van der Waals surface area contributed by atoms with E-state index < -0.39 is 0 Å². The van der Waals surface area contributed by atoms with E-state index in [-0.39, 0.29) is 11.9 Å². The molecule has 22 heavy (non-hydrogen) atoms. The lowest BCUT2D eigenvalue weighted by Gasteiger charge is -2.10. The van der Waals surface area contributed by atoms with E-state index in [1.54, 1.807) is 23.7 Å². The predicted molar refractivity (Wildman–Crippen MR) is 89.6 cm³/mol. The molecule has 0 aliphatic carbocycles. The summed E-state index contributed by atoms with van der Waals surface area (Å²) in [6.45, 7) is 2.66. The summed E-state index contributed by atoms with van der Waals surface area (Å²) in [7, 11) is 0. The van der Waals surface area contributed by atoms with Crippen molar-refractivity contribution in [1.82, 2.24) is 15.3 Å². The molecule has 5 nitrogen and oxygen atoms in total. The fourth-order valence-electron chi connectivity index (χ4n) is 2.11. The molecule has 6 heteroatoms. The number of pyridine rings is 1. The number of nitrogens with one attached hydrogen (secondary N) is 1. The maximum absolute atomic E-state index is 11.7. The minimum absolute atomic E-state index is 0.0570. The number of hydrogen-bond donors (Lipinski definition) is 2. The second kappa shape index (κ2) is 8.60. The molecule has 2 rings (SSSR count). The van der Waals surface area contributed by atoms with Crippen molar-refractivity contribution in [2.75, 3.05) is 6.54 Å². The Labute approximate surface area is 135 Å². The van der Waals surface area contributed by atoms with Crippen LogP contribution in [0.1, 0.15) is 31.2 Å². The summed E-state index contributed by atoms with van der Waals surface area (Å²) in [5.74, 6) is -0.0570. The van der Waals surface area contributed by atoms with E-state index in [1.165, 1.54) is 0 Å². The van der Waals surface area contributed by atoms with Crippen LogP contribution >= 0.6 is 11.3 Å². The normalized spacial score (nSPS) is 12.1. The minimum Gasteiger partial charge on any atom is -0.355 e. The number of nitrogens with zero attached hydrogens (tertiary/aromatic N) is 2. The molecule has 2 aromatic heterocycles. The zero-order valence-corrected chi connectivity index (χ0v) is 13.6. The van der Waals surface area contributed by atoms with Gasteiger partial charge in [-0.1, -0.05) is 13.3 Å². The van der Waals surface area contributed by atoms with Gasteiger partial charge in [0.25, 0.3) is 0 Å². The van der Waals surface area contributed by atoms with E-state index in [9.17, 15) is 4.79 Å². The van der Waals surface area contributed by atoms with E-state index in [0.717, 1.165) is 41.9 Å². The van der Waals surface area contributed by atoms with Crippen LogP contribution in [-0.4, -0.2) is 28.5 Å². The van der Waals surface area contributed by atoms with E-state index in [2.05, 4.69) is 20.7 Å². The summed E-state index contributed by atoms with van der Waals surface area (Å²) in [5.41, 5.74) is 7.82. The second-order valence-electron chi connectivity index (χ2n) is 5.15.